The van der Waals surface area contributed by atoms with Crippen LogP contribution in [-0.2, 0) is 11.2 Å². The van der Waals surface area contributed by atoms with Crippen molar-refractivity contribution in [3.05, 3.63) is 58.4 Å². The van der Waals surface area contributed by atoms with Crippen LogP contribution in [0.4, 0.5) is 0 Å². The third-order valence-corrected chi connectivity index (χ3v) is 5.23. The third kappa shape index (κ3) is 2.48. The Hall–Kier alpha value is -2.62. The molecule has 1 saturated carbocycles. The van der Waals surface area contributed by atoms with Crippen LogP contribution in [0, 0.1) is 5.41 Å². The highest BCUT2D eigenvalue weighted by molar-refractivity contribution is 6.04. The molecular weight excluding hydrogens is 304 g/mol. The Morgan fingerprint density at radius 2 is 1.92 bits per heavy atom. The van der Waals surface area contributed by atoms with Crippen LogP contribution in [0.15, 0.2) is 51.7 Å². The fourth-order valence-corrected chi connectivity index (χ4v) is 3.92. The number of hydrogen-bond donors (Lipinski definition) is 1. The van der Waals surface area contributed by atoms with E-state index in [-0.39, 0.29) is 17.5 Å². The van der Waals surface area contributed by atoms with Gasteiger partial charge in [-0.05, 0) is 35.6 Å². The summed E-state index contributed by atoms with van der Waals surface area (Å²) >= 11 is 0. The second kappa shape index (κ2) is 5.48. The van der Waals surface area contributed by atoms with Crippen molar-refractivity contribution in [3.8, 4) is 0 Å². The van der Waals surface area contributed by atoms with Crippen molar-refractivity contribution in [1.82, 2.24) is 0 Å². The molecule has 0 saturated heterocycles. The summed E-state index contributed by atoms with van der Waals surface area (Å²) in [5.74, 6) is -0.771. The normalized spacial score (nSPS) is 16.2. The lowest BCUT2D eigenvalue weighted by Gasteiger charge is -2.41. The van der Waals surface area contributed by atoms with Gasteiger partial charge >= 0.3 is 11.6 Å². The van der Waals surface area contributed by atoms with Gasteiger partial charge in [0, 0.05) is 16.8 Å². The Kier molecular flexibility index (Phi) is 3.41. The molecule has 0 radical (unpaired) electrons. The molecule has 4 heteroatoms. The molecule has 2 aromatic carbocycles. The summed E-state index contributed by atoms with van der Waals surface area (Å²) in [5, 5.41) is 12.1. The van der Waals surface area contributed by atoms with Gasteiger partial charge in [-0.15, -0.1) is 0 Å². The lowest BCUT2D eigenvalue weighted by molar-refractivity contribution is -0.141. The molecular formula is C20H18O4. The molecule has 4 rings (SSSR count). The standard InChI is InChI=1S/C20H18O4/c21-17(22)12-20(8-3-9-20)11-14-10-18(23)24-19-15-5-2-1-4-13(15)6-7-16(14)19/h1-2,4-7,10H,3,8-9,11-12H2,(H,21,22). The number of hydrogen-bond acceptors (Lipinski definition) is 3. The Bertz CT molecular complexity index is 995. The van der Waals surface area contributed by atoms with Gasteiger partial charge in [0.2, 0.25) is 0 Å². The highest BCUT2D eigenvalue weighted by atomic mass is 16.4. The number of aliphatic carboxylic acids is 1. The second-order valence-corrected chi connectivity index (χ2v) is 6.85. The summed E-state index contributed by atoms with van der Waals surface area (Å²) in [5.41, 5.74) is 0.894. The van der Waals surface area contributed by atoms with E-state index in [9.17, 15) is 14.7 Å². The van der Waals surface area contributed by atoms with Crippen LogP contribution in [0.5, 0.6) is 0 Å². The Balaban J connectivity index is 1.88. The fourth-order valence-electron chi connectivity index (χ4n) is 3.92. The van der Waals surface area contributed by atoms with E-state index in [1.165, 1.54) is 6.07 Å². The van der Waals surface area contributed by atoms with E-state index in [2.05, 4.69) is 0 Å². The lowest BCUT2D eigenvalue weighted by Crippen LogP contribution is -2.34. The van der Waals surface area contributed by atoms with E-state index in [1.54, 1.807) is 0 Å². The first-order chi connectivity index (χ1) is 11.6. The number of carboxylic acid groups (broad SMARTS) is 1. The first-order valence-electron chi connectivity index (χ1n) is 8.23. The van der Waals surface area contributed by atoms with Crippen molar-refractivity contribution < 1.29 is 14.3 Å². The first-order valence-corrected chi connectivity index (χ1v) is 8.23. The number of carbonyl (C=O) groups is 1. The average Bonchev–Trinajstić information content (AvgIpc) is 2.52. The predicted octanol–water partition coefficient (Wildman–Crippen LogP) is 4.13. The van der Waals surface area contributed by atoms with E-state index in [1.807, 2.05) is 36.4 Å². The van der Waals surface area contributed by atoms with E-state index < -0.39 is 5.97 Å². The molecule has 0 atom stereocenters. The minimum absolute atomic E-state index is 0.155. The van der Waals surface area contributed by atoms with Crippen molar-refractivity contribution in [2.24, 2.45) is 5.41 Å². The van der Waals surface area contributed by atoms with E-state index >= 15 is 0 Å². The van der Waals surface area contributed by atoms with Crippen LogP contribution in [0.1, 0.15) is 31.2 Å². The zero-order chi connectivity index (χ0) is 16.7. The van der Waals surface area contributed by atoms with Gasteiger partial charge in [-0.3, -0.25) is 4.79 Å². The molecule has 24 heavy (non-hydrogen) atoms. The van der Waals surface area contributed by atoms with Crippen molar-refractivity contribution in [3.63, 3.8) is 0 Å². The number of fused-ring (bicyclic) bond motifs is 3. The van der Waals surface area contributed by atoms with Crippen molar-refractivity contribution in [1.29, 1.82) is 0 Å². The molecule has 1 aromatic heterocycles. The topological polar surface area (TPSA) is 67.5 Å². The van der Waals surface area contributed by atoms with Crippen LogP contribution in [0.3, 0.4) is 0 Å². The number of carboxylic acids is 1. The van der Waals surface area contributed by atoms with Crippen molar-refractivity contribution >= 4 is 27.7 Å². The van der Waals surface area contributed by atoms with Gasteiger partial charge < -0.3 is 9.52 Å². The van der Waals surface area contributed by atoms with Crippen LogP contribution >= 0.6 is 0 Å². The molecule has 1 aliphatic carbocycles. The molecule has 0 amide bonds. The maximum atomic E-state index is 12.1. The Labute approximate surface area is 138 Å². The van der Waals surface area contributed by atoms with Crippen molar-refractivity contribution in [2.75, 3.05) is 0 Å². The van der Waals surface area contributed by atoms with Gasteiger partial charge in [-0.25, -0.2) is 4.79 Å². The van der Waals surface area contributed by atoms with Crippen LogP contribution in [0.25, 0.3) is 21.7 Å². The zero-order valence-electron chi connectivity index (χ0n) is 13.2. The maximum absolute atomic E-state index is 12.1. The third-order valence-electron chi connectivity index (χ3n) is 5.23. The molecule has 0 unspecified atom stereocenters. The Morgan fingerprint density at radius 1 is 1.12 bits per heavy atom. The molecule has 1 fully saturated rings. The summed E-state index contributed by atoms with van der Waals surface area (Å²) < 4.78 is 5.49. The van der Waals surface area contributed by atoms with Gasteiger partial charge in [0.15, 0.2) is 0 Å². The summed E-state index contributed by atoms with van der Waals surface area (Å²) in [4.78, 5) is 23.3. The highest BCUT2D eigenvalue weighted by Gasteiger charge is 2.39. The molecule has 1 heterocycles. The fraction of sp³-hybridized carbons (Fsp3) is 0.300. The number of benzene rings is 2. The Morgan fingerprint density at radius 3 is 2.62 bits per heavy atom. The molecule has 1 aliphatic rings. The van der Waals surface area contributed by atoms with Crippen molar-refractivity contribution in [2.45, 2.75) is 32.1 Å². The minimum Gasteiger partial charge on any atom is -0.481 e. The molecule has 3 aromatic rings. The molecule has 4 nitrogen and oxygen atoms in total. The molecule has 1 N–H and O–H groups in total. The summed E-state index contributed by atoms with van der Waals surface area (Å²) in [6.07, 6.45) is 3.61. The quantitative estimate of drug-likeness (QED) is 0.579. The monoisotopic (exact) mass is 322 g/mol. The molecule has 0 aliphatic heterocycles. The summed E-state index contributed by atoms with van der Waals surface area (Å²) in [6.45, 7) is 0. The van der Waals surface area contributed by atoms with E-state index in [4.69, 9.17) is 4.42 Å². The van der Waals surface area contributed by atoms with Gasteiger partial charge in [0.1, 0.15) is 5.58 Å². The van der Waals surface area contributed by atoms with Gasteiger partial charge in [-0.2, -0.15) is 0 Å². The smallest absolute Gasteiger partial charge is 0.336 e. The zero-order valence-corrected chi connectivity index (χ0v) is 13.2. The molecule has 0 bridgehead atoms. The minimum atomic E-state index is -0.771. The predicted molar refractivity (Wildman–Crippen MR) is 92.2 cm³/mol. The largest absolute Gasteiger partial charge is 0.481 e. The molecule has 122 valence electrons. The second-order valence-electron chi connectivity index (χ2n) is 6.85. The van der Waals surface area contributed by atoms with E-state index in [0.717, 1.165) is 41.0 Å². The summed E-state index contributed by atoms with van der Waals surface area (Å²) in [6, 6.07) is 13.3. The van der Waals surface area contributed by atoms with Crippen LogP contribution in [-0.4, -0.2) is 11.1 Å². The SMILES string of the molecule is O=C(O)CC1(Cc2cc(=O)oc3c2ccc2ccccc23)CCC1. The van der Waals surface area contributed by atoms with Gasteiger partial charge in [0.25, 0.3) is 0 Å². The van der Waals surface area contributed by atoms with E-state index in [0.29, 0.717) is 12.0 Å². The first kappa shape index (κ1) is 14.9. The average molecular weight is 322 g/mol. The van der Waals surface area contributed by atoms with Crippen LogP contribution < -0.4 is 5.63 Å². The lowest BCUT2D eigenvalue weighted by atomic mass is 9.63. The highest BCUT2D eigenvalue weighted by Crippen LogP contribution is 2.47. The van der Waals surface area contributed by atoms with Gasteiger partial charge in [-0.1, -0.05) is 42.8 Å². The molecule has 0 spiro atoms. The maximum Gasteiger partial charge on any atom is 0.336 e. The number of rotatable bonds is 4. The summed E-state index contributed by atoms with van der Waals surface area (Å²) in [7, 11) is 0. The van der Waals surface area contributed by atoms with Crippen LogP contribution in [0.2, 0.25) is 0 Å². The van der Waals surface area contributed by atoms with Gasteiger partial charge in [0.05, 0.1) is 6.42 Å².